The SMILES string of the molecule is Cc1cc(Cl)c(CNCC2(CO)CC2)cc1F. The number of aliphatic hydroxyl groups excluding tert-OH is 1. The summed E-state index contributed by atoms with van der Waals surface area (Å²) in [7, 11) is 0. The zero-order valence-electron chi connectivity index (χ0n) is 9.89. The third-order valence-electron chi connectivity index (χ3n) is 3.44. The minimum Gasteiger partial charge on any atom is -0.396 e. The first kappa shape index (κ1) is 12.8. The molecule has 0 aromatic heterocycles. The van der Waals surface area contributed by atoms with Crippen LogP contribution in [0.25, 0.3) is 0 Å². The Labute approximate surface area is 106 Å². The highest BCUT2D eigenvalue weighted by molar-refractivity contribution is 6.31. The lowest BCUT2D eigenvalue weighted by Gasteiger charge is -2.13. The van der Waals surface area contributed by atoms with Crippen molar-refractivity contribution in [3.05, 3.63) is 34.1 Å². The maximum absolute atomic E-state index is 13.4. The van der Waals surface area contributed by atoms with Crippen molar-refractivity contribution in [1.82, 2.24) is 5.32 Å². The van der Waals surface area contributed by atoms with Gasteiger partial charge in [0.15, 0.2) is 0 Å². The second-order valence-electron chi connectivity index (χ2n) is 4.95. The smallest absolute Gasteiger partial charge is 0.126 e. The van der Waals surface area contributed by atoms with Crippen LogP contribution in [0.4, 0.5) is 4.39 Å². The van der Waals surface area contributed by atoms with Crippen LogP contribution < -0.4 is 5.32 Å². The van der Waals surface area contributed by atoms with Gasteiger partial charge in [-0.3, -0.25) is 0 Å². The number of aliphatic hydroxyl groups is 1. The maximum atomic E-state index is 13.4. The molecule has 0 radical (unpaired) electrons. The van der Waals surface area contributed by atoms with Crippen molar-refractivity contribution in [3.8, 4) is 0 Å². The van der Waals surface area contributed by atoms with E-state index < -0.39 is 0 Å². The topological polar surface area (TPSA) is 32.3 Å². The molecule has 1 aromatic rings. The summed E-state index contributed by atoms with van der Waals surface area (Å²) in [5.41, 5.74) is 1.40. The largest absolute Gasteiger partial charge is 0.396 e. The average molecular weight is 258 g/mol. The number of rotatable bonds is 5. The van der Waals surface area contributed by atoms with Crippen molar-refractivity contribution in [2.75, 3.05) is 13.2 Å². The Hall–Kier alpha value is -0.640. The van der Waals surface area contributed by atoms with Crippen LogP contribution >= 0.6 is 11.6 Å². The summed E-state index contributed by atoms with van der Waals surface area (Å²) in [4.78, 5) is 0. The molecule has 0 atom stereocenters. The quantitative estimate of drug-likeness (QED) is 0.850. The Morgan fingerprint density at radius 2 is 2.18 bits per heavy atom. The number of halogens is 2. The van der Waals surface area contributed by atoms with Gasteiger partial charge in [0.1, 0.15) is 5.82 Å². The van der Waals surface area contributed by atoms with Gasteiger partial charge in [0.2, 0.25) is 0 Å². The van der Waals surface area contributed by atoms with E-state index in [9.17, 15) is 4.39 Å². The molecule has 1 aliphatic carbocycles. The summed E-state index contributed by atoms with van der Waals surface area (Å²) in [5, 5.41) is 13.0. The fourth-order valence-corrected chi connectivity index (χ4v) is 2.14. The summed E-state index contributed by atoms with van der Waals surface area (Å²) < 4.78 is 13.4. The van der Waals surface area contributed by atoms with E-state index in [0.29, 0.717) is 17.1 Å². The molecule has 0 spiro atoms. The Kier molecular flexibility index (Phi) is 3.71. The lowest BCUT2D eigenvalue weighted by atomic mass is 10.1. The summed E-state index contributed by atoms with van der Waals surface area (Å²) >= 11 is 6.04. The Morgan fingerprint density at radius 3 is 2.76 bits per heavy atom. The van der Waals surface area contributed by atoms with Gasteiger partial charge in [-0.1, -0.05) is 11.6 Å². The van der Waals surface area contributed by atoms with Gasteiger partial charge in [0, 0.05) is 30.1 Å². The van der Waals surface area contributed by atoms with Crippen molar-refractivity contribution in [1.29, 1.82) is 0 Å². The van der Waals surface area contributed by atoms with Crippen LogP contribution in [0.5, 0.6) is 0 Å². The standard InChI is InChI=1S/C13H17ClFNO/c1-9-4-11(14)10(5-12(9)15)6-16-7-13(8-17)2-3-13/h4-5,16-17H,2-3,6-8H2,1H3. The fraction of sp³-hybridized carbons (Fsp3) is 0.538. The molecular weight excluding hydrogens is 241 g/mol. The molecule has 17 heavy (non-hydrogen) atoms. The van der Waals surface area contributed by atoms with Gasteiger partial charge in [-0.2, -0.15) is 0 Å². The molecule has 2 nitrogen and oxygen atoms in total. The van der Waals surface area contributed by atoms with Crippen LogP contribution in [0.2, 0.25) is 5.02 Å². The van der Waals surface area contributed by atoms with Crippen molar-refractivity contribution in [2.24, 2.45) is 5.41 Å². The van der Waals surface area contributed by atoms with E-state index in [2.05, 4.69) is 5.32 Å². The lowest BCUT2D eigenvalue weighted by Crippen LogP contribution is -2.26. The van der Waals surface area contributed by atoms with Gasteiger partial charge in [-0.15, -0.1) is 0 Å². The minimum atomic E-state index is -0.227. The van der Waals surface area contributed by atoms with Crippen LogP contribution in [-0.2, 0) is 6.54 Å². The number of aryl methyl sites for hydroxylation is 1. The lowest BCUT2D eigenvalue weighted by molar-refractivity contribution is 0.207. The van der Waals surface area contributed by atoms with Crippen LogP contribution in [-0.4, -0.2) is 18.3 Å². The van der Waals surface area contributed by atoms with E-state index in [4.69, 9.17) is 16.7 Å². The molecule has 1 fully saturated rings. The first-order chi connectivity index (χ1) is 8.06. The number of hydrogen-bond donors (Lipinski definition) is 2. The molecule has 1 aliphatic rings. The third-order valence-corrected chi connectivity index (χ3v) is 3.79. The monoisotopic (exact) mass is 257 g/mol. The molecule has 0 unspecified atom stereocenters. The van der Waals surface area contributed by atoms with E-state index in [1.165, 1.54) is 6.07 Å². The first-order valence-corrected chi connectivity index (χ1v) is 6.20. The molecule has 94 valence electrons. The normalized spacial score (nSPS) is 17.2. The van der Waals surface area contributed by atoms with Crippen molar-refractivity contribution >= 4 is 11.6 Å². The van der Waals surface area contributed by atoms with Crippen molar-refractivity contribution < 1.29 is 9.50 Å². The summed E-state index contributed by atoms with van der Waals surface area (Å²) in [5.74, 6) is -0.227. The van der Waals surface area contributed by atoms with Gasteiger partial charge in [-0.05, 0) is 43.0 Å². The van der Waals surface area contributed by atoms with Crippen LogP contribution in [0.1, 0.15) is 24.0 Å². The molecule has 1 aromatic carbocycles. The van der Waals surface area contributed by atoms with E-state index in [1.54, 1.807) is 13.0 Å². The highest BCUT2D eigenvalue weighted by Crippen LogP contribution is 2.44. The molecule has 2 N–H and O–H groups in total. The molecule has 0 saturated heterocycles. The Bertz CT molecular complexity index is 418. The Morgan fingerprint density at radius 1 is 1.47 bits per heavy atom. The average Bonchev–Trinajstić information content (AvgIpc) is 3.06. The molecule has 1 saturated carbocycles. The van der Waals surface area contributed by atoms with E-state index >= 15 is 0 Å². The second kappa shape index (κ2) is 4.92. The molecule has 0 bridgehead atoms. The number of nitrogens with one attached hydrogen (secondary N) is 1. The third kappa shape index (κ3) is 2.97. The van der Waals surface area contributed by atoms with Crippen molar-refractivity contribution in [3.63, 3.8) is 0 Å². The van der Waals surface area contributed by atoms with E-state index in [1.807, 2.05) is 0 Å². The zero-order chi connectivity index (χ0) is 12.5. The first-order valence-electron chi connectivity index (χ1n) is 5.82. The minimum absolute atomic E-state index is 0.0652. The molecule has 2 rings (SSSR count). The van der Waals surface area contributed by atoms with Crippen LogP contribution in [0.15, 0.2) is 12.1 Å². The molecule has 0 heterocycles. The predicted octanol–water partition coefficient (Wildman–Crippen LogP) is 2.65. The highest BCUT2D eigenvalue weighted by atomic mass is 35.5. The van der Waals surface area contributed by atoms with Crippen LogP contribution in [0.3, 0.4) is 0 Å². The molecule has 0 aliphatic heterocycles. The molecule has 0 amide bonds. The predicted molar refractivity (Wildman–Crippen MR) is 66.6 cm³/mol. The summed E-state index contributed by atoms with van der Waals surface area (Å²) in [6, 6.07) is 3.12. The number of benzene rings is 1. The molecular formula is C13H17ClFNO. The fourth-order valence-electron chi connectivity index (χ4n) is 1.85. The highest BCUT2D eigenvalue weighted by Gasteiger charge is 2.41. The molecule has 4 heteroatoms. The summed E-state index contributed by atoms with van der Waals surface area (Å²) in [6.45, 7) is 3.21. The van der Waals surface area contributed by atoms with E-state index in [0.717, 1.165) is 24.9 Å². The Balaban J connectivity index is 1.93. The van der Waals surface area contributed by atoms with E-state index in [-0.39, 0.29) is 17.8 Å². The zero-order valence-corrected chi connectivity index (χ0v) is 10.6. The van der Waals surface area contributed by atoms with Crippen LogP contribution in [0, 0.1) is 18.2 Å². The van der Waals surface area contributed by atoms with Gasteiger partial charge in [0.05, 0.1) is 0 Å². The van der Waals surface area contributed by atoms with Crippen molar-refractivity contribution in [2.45, 2.75) is 26.3 Å². The number of hydrogen-bond acceptors (Lipinski definition) is 2. The second-order valence-corrected chi connectivity index (χ2v) is 5.36. The van der Waals surface area contributed by atoms with Gasteiger partial charge >= 0.3 is 0 Å². The van der Waals surface area contributed by atoms with Gasteiger partial charge < -0.3 is 10.4 Å². The maximum Gasteiger partial charge on any atom is 0.126 e. The summed E-state index contributed by atoms with van der Waals surface area (Å²) in [6.07, 6.45) is 2.12. The van der Waals surface area contributed by atoms with Gasteiger partial charge in [-0.25, -0.2) is 4.39 Å². The van der Waals surface area contributed by atoms with Gasteiger partial charge in [0.25, 0.3) is 0 Å².